The van der Waals surface area contributed by atoms with Gasteiger partial charge in [0.15, 0.2) is 0 Å². The number of nitrogens with zero attached hydrogens (tertiary/aromatic N) is 1. The Kier molecular flexibility index (Phi) is 4.04. The largest absolute Gasteiger partial charge is 0.446 e. The van der Waals surface area contributed by atoms with Crippen LogP contribution in [0.2, 0.25) is 0 Å². The molecule has 2 atom stereocenters. The Morgan fingerprint density at radius 2 is 1.81 bits per heavy atom. The van der Waals surface area contributed by atoms with Crippen LogP contribution in [0.15, 0.2) is 0 Å². The number of nitrogens with two attached hydrogens (primary N) is 1. The van der Waals surface area contributed by atoms with E-state index in [4.69, 9.17) is 10.5 Å². The van der Waals surface area contributed by atoms with E-state index in [1.807, 2.05) is 4.90 Å². The van der Waals surface area contributed by atoms with Crippen LogP contribution in [0, 0.1) is 0 Å². The molecule has 0 spiro atoms. The van der Waals surface area contributed by atoms with Crippen LogP contribution in [0.3, 0.4) is 0 Å². The molecule has 92 valence electrons. The molecular weight excluding hydrogens is 204 g/mol. The number of carbonyl (C=O) groups is 1. The Hall–Kier alpha value is -0.770. The predicted octanol–water partition coefficient (Wildman–Crippen LogP) is 1.88. The summed E-state index contributed by atoms with van der Waals surface area (Å²) in [6, 6.07) is 0.224. The Bertz CT molecular complexity index is 237. The molecule has 1 amide bonds. The number of amides is 1. The zero-order valence-electron chi connectivity index (χ0n) is 9.86. The van der Waals surface area contributed by atoms with Gasteiger partial charge in [0.05, 0.1) is 0 Å². The molecule has 1 saturated carbocycles. The second-order valence-electron chi connectivity index (χ2n) is 4.98. The third-order valence-electron chi connectivity index (χ3n) is 3.56. The zero-order valence-corrected chi connectivity index (χ0v) is 9.86. The Labute approximate surface area is 97.1 Å². The highest BCUT2D eigenvalue weighted by Crippen LogP contribution is 2.21. The van der Waals surface area contributed by atoms with E-state index in [2.05, 4.69) is 0 Å². The molecule has 2 rings (SSSR count). The fourth-order valence-electron chi connectivity index (χ4n) is 2.55. The summed E-state index contributed by atoms with van der Waals surface area (Å²) in [7, 11) is 0. The van der Waals surface area contributed by atoms with Crippen LogP contribution in [0.4, 0.5) is 4.79 Å². The van der Waals surface area contributed by atoms with Crippen molar-refractivity contribution in [1.29, 1.82) is 0 Å². The summed E-state index contributed by atoms with van der Waals surface area (Å²) in [5, 5.41) is 0. The molecule has 0 aromatic carbocycles. The minimum atomic E-state index is -0.124. The monoisotopic (exact) mass is 226 g/mol. The van der Waals surface area contributed by atoms with Gasteiger partial charge in [0, 0.05) is 19.1 Å². The van der Waals surface area contributed by atoms with Crippen LogP contribution < -0.4 is 5.73 Å². The van der Waals surface area contributed by atoms with Crippen LogP contribution in [0.25, 0.3) is 0 Å². The number of likely N-dealkylation sites (tertiary alicyclic amines) is 1. The van der Waals surface area contributed by atoms with Crippen molar-refractivity contribution in [3.63, 3.8) is 0 Å². The van der Waals surface area contributed by atoms with Gasteiger partial charge in [-0.1, -0.05) is 12.8 Å². The Morgan fingerprint density at radius 3 is 2.38 bits per heavy atom. The molecule has 16 heavy (non-hydrogen) atoms. The summed E-state index contributed by atoms with van der Waals surface area (Å²) < 4.78 is 5.48. The van der Waals surface area contributed by atoms with Gasteiger partial charge in [0.1, 0.15) is 6.10 Å². The van der Waals surface area contributed by atoms with Gasteiger partial charge in [-0.3, -0.25) is 0 Å². The molecule has 0 aromatic heterocycles. The molecule has 0 aromatic rings. The van der Waals surface area contributed by atoms with Crippen molar-refractivity contribution in [2.75, 3.05) is 13.1 Å². The highest BCUT2D eigenvalue weighted by atomic mass is 16.6. The van der Waals surface area contributed by atoms with Crippen molar-refractivity contribution in [3.8, 4) is 0 Å². The zero-order chi connectivity index (χ0) is 11.4. The SMILES string of the molecule is NC1CCC(OC(=O)N2CCCCCC2)C1. The molecule has 4 nitrogen and oxygen atoms in total. The molecule has 1 heterocycles. The lowest BCUT2D eigenvalue weighted by Gasteiger charge is -2.22. The van der Waals surface area contributed by atoms with E-state index in [-0.39, 0.29) is 18.2 Å². The first kappa shape index (κ1) is 11.7. The average molecular weight is 226 g/mol. The average Bonchev–Trinajstić information content (AvgIpc) is 2.56. The number of carbonyl (C=O) groups excluding carboxylic acids is 1. The summed E-state index contributed by atoms with van der Waals surface area (Å²) >= 11 is 0. The van der Waals surface area contributed by atoms with E-state index in [1.165, 1.54) is 12.8 Å². The maximum Gasteiger partial charge on any atom is 0.410 e. The Morgan fingerprint density at radius 1 is 1.12 bits per heavy atom. The number of rotatable bonds is 1. The molecule has 2 unspecified atom stereocenters. The molecule has 2 N–H and O–H groups in total. The van der Waals surface area contributed by atoms with Gasteiger partial charge in [0.2, 0.25) is 0 Å². The quantitative estimate of drug-likeness (QED) is 0.742. The van der Waals surface area contributed by atoms with E-state index in [1.54, 1.807) is 0 Å². The van der Waals surface area contributed by atoms with Gasteiger partial charge < -0.3 is 15.4 Å². The van der Waals surface area contributed by atoms with E-state index < -0.39 is 0 Å². The summed E-state index contributed by atoms with van der Waals surface area (Å²) in [4.78, 5) is 13.7. The minimum absolute atomic E-state index is 0.0609. The van der Waals surface area contributed by atoms with Crippen molar-refractivity contribution >= 4 is 6.09 Å². The van der Waals surface area contributed by atoms with Crippen LogP contribution in [-0.2, 0) is 4.74 Å². The van der Waals surface area contributed by atoms with Gasteiger partial charge in [-0.05, 0) is 32.1 Å². The van der Waals surface area contributed by atoms with Crippen LogP contribution in [-0.4, -0.2) is 36.2 Å². The molecule has 1 aliphatic heterocycles. The highest BCUT2D eigenvalue weighted by molar-refractivity contribution is 5.67. The third-order valence-corrected chi connectivity index (χ3v) is 3.56. The molecule has 2 aliphatic rings. The fourth-order valence-corrected chi connectivity index (χ4v) is 2.55. The topological polar surface area (TPSA) is 55.6 Å². The second-order valence-corrected chi connectivity index (χ2v) is 4.98. The van der Waals surface area contributed by atoms with Crippen molar-refractivity contribution < 1.29 is 9.53 Å². The number of ether oxygens (including phenoxy) is 1. The molecular formula is C12H22N2O2. The standard InChI is InChI=1S/C12H22N2O2/c13-10-5-6-11(9-10)16-12(15)14-7-3-1-2-4-8-14/h10-11H,1-9,13H2. The molecule has 0 radical (unpaired) electrons. The van der Waals surface area contributed by atoms with E-state index in [0.717, 1.165) is 45.2 Å². The molecule has 4 heteroatoms. The molecule has 2 fully saturated rings. The lowest BCUT2D eigenvalue weighted by Crippen LogP contribution is -2.34. The van der Waals surface area contributed by atoms with E-state index in [0.29, 0.717) is 0 Å². The maximum atomic E-state index is 11.9. The smallest absolute Gasteiger partial charge is 0.410 e. The van der Waals surface area contributed by atoms with Gasteiger partial charge in [-0.15, -0.1) is 0 Å². The molecule has 1 saturated heterocycles. The van der Waals surface area contributed by atoms with Crippen LogP contribution >= 0.6 is 0 Å². The lowest BCUT2D eigenvalue weighted by atomic mass is 10.2. The summed E-state index contributed by atoms with van der Waals surface area (Å²) in [5.41, 5.74) is 5.80. The van der Waals surface area contributed by atoms with Crippen LogP contribution in [0.1, 0.15) is 44.9 Å². The van der Waals surface area contributed by atoms with Gasteiger partial charge in [-0.25, -0.2) is 4.79 Å². The van der Waals surface area contributed by atoms with Crippen molar-refractivity contribution in [3.05, 3.63) is 0 Å². The predicted molar refractivity (Wildman–Crippen MR) is 62.1 cm³/mol. The molecule has 0 bridgehead atoms. The van der Waals surface area contributed by atoms with Gasteiger partial charge in [0.25, 0.3) is 0 Å². The van der Waals surface area contributed by atoms with E-state index >= 15 is 0 Å². The Balaban J connectivity index is 1.77. The van der Waals surface area contributed by atoms with Crippen molar-refractivity contribution in [1.82, 2.24) is 4.90 Å². The lowest BCUT2D eigenvalue weighted by molar-refractivity contribution is 0.0658. The summed E-state index contributed by atoms with van der Waals surface area (Å²) in [6.07, 6.45) is 7.37. The van der Waals surface area contributed by atoms with Crippen LogP contribution in [0.5, 0.6) is 0 Å². The minimum Gasteiger partial charge on any atom is -0.446 e. The van der Waals surface area contributed by atoms with Crippen molar-refractivity contribution in [2.24, 2.45) is 5.73 Å². The third kappa shape index (κ3) is 3.11. The summed E-state index contributed by atoms with van der Waals surface area (Å²) in [6.45, 7) is 1.72. The number of hydrogen-bond acceptors (Lipinski definition) is 3. The fraction of sp³-hybridized carbons (Fsp3) is 0.917. The molecule has 1 aliphatic carbocycles. The maximum absolute atomic E-state index is 11.9. The summed E-state index contributed by atoms with van der Waals surface area (Å²) in [5.74, 6) is 0. The first-order valence-corrected chi connectivity index (χ1v) is 6.47. The van der Waals surface area contributed by atoms with E-state index in [9.17, 15) is 4.79 Å². The first-order chi connectivity index (χ1) is 7.75. The van der Waals surface area contributed by atoms with Gasteiger partial charge >= 0.3 is 6.09 Å². The second kappa shape index (κ2) is 5.53. The first-order valence-electron chi connectivity index (χ1n) is 6.47. The van der Waals surface area contributed by atoms with Crippen molar-refractivity contribution in [2.45, 2.75) is 57.1 Å². The number of hydrogen-bond donors (Lipinski definition) is 1. The highest BCUT2D eigenvalue weighted by Gasteiger charge is 2.27. The normalized spacial score (nSPS) is 31.2. The van der Waals surface area contributed by atoms with Gasteiger partial charge in [-0.2, -0.15) is 0 Å².